The maximum atomic E-state index is 14.4. The average Bonchev–Trinajstić information content (AvgIpc) is 4.17. The van der Waals surface area contributed by atoms with Crippen molar-refractivity contribution in [2.45, 2.75) is 121 Å². The number of likely N-dealkylation sites (tertiary alicyclic amines) is 2. The molecule has 6 heterocycles. The molecule has 65 heavy (non-hydrogen) atoms. The molecule has 7 atom stereocenters. The third kappa shape index (κ3) is 8.30. The first-order valence-corrected chi connectivity index (χ1v) is 22.9. The highest BCUT2D eigenvalue weighted by Gasteiger charge is 2.45. The average molecular weight is 890 g/mol. The fourth-order valence-corrected chi connectivity index (χ4v) is 10.8. The number of H-pyrrole nitrogens is 1. The second-order valence-electron chi connectivity index (χ2n) is 18.0. The van der Waals surface area contributed by atoms with Crippen LogP contribution in [0.1, 0.15) is 88.7 Å². The number of imidazole rings is 1. The molecule has 5 aliphatic rings. The molecule has 4 amide bonds. The summed E-state index contributed by atoms with van der Waals surface area (Å²) in [6.07, 6.45) is 5.92. The van der Waals surface area contributed by atoms with Crippen LogP contribution in [0.25, 0.3) is 33.2 Å². The lowest BCUT2D eigenvalue weighted by molar-refractivity contribution is -0.139. The van der Waals surface area contributed by atoms with Gasteiger partial charge in [-0.3, -0.25) is 14.6 Å². The molecule has 4 aromatic rings. The van der Waals surface area contributed by atoms with E-state index in [4.69, 9.17) is 33.7 Å². The van der Waals surface area contributed by atoms with Crippen molar-refractivity contribution in [2.24, 2.45) is 10.9 Å². The maximum absolute atomic E-state index is 14.4. The highest BCUT2D eigenvalue weighted by molar-refractivity contribution is 6.07. The summed E-state index contributed by atoms with van der Waals surface area (Å²) in [6.45, 7) is 7.38. The minimum absolute atomic E-state index is 0.0224. The first-order valence-electron chi connectivity index (χ1n) is 22.9. The fourth-order valence-electron chi connectivity index (χ4n) is 10.8. The van der Waals surface area contributed by atoms with Gasteiger partial charge in [0.15, 0.2) is 0 Å². The number of fused-ring (bicyclic) bond motifs is 6. The molecule has 344 valence electrons. The monoisotopic (exact) mass is 889 g/mol. The zero-order valence-corrected chi connectivity index (χ0v) is 38.0. The number of hydrogen-bond acceptors (Lipinski definition) is 11. The number of nitrogens with zero attached hydrogens (tertiary/aromatic N) is 4. The highest BCUT2D eigenvalue weighted by Crippen LogP contribution is 2.45. The predicted octanol–water partition coefficient (Wildman–Crippen LogP) is 7.15. The first-order chi connectivity index (χ1) is 31.5. The van der Waals surface area contributed by atoms with Crippen molar-refractivity contribution >= 4 is 46.2 Å². The number of rotatable bonds is 11. The normalized spacial score (nSPS) is 22.8. The Morgan fingerprint density at radius 3 is 2.40 bits per heavy atom. The summed E-state index contributed by atoms with van der Waals surface area (Å²) in [5.74, 6) is 1.15. The second-order valence-corrected chi connectivity index (χ2v) is 18.0. The van der Waals surface area contributed by atoms with Crippen LogP contribution in [-0.4, -0.2) is 120 Å². The van der Waals surface area contributed by atoms with Crippen molar-refractivity contribution in [1.29, 1.82) is 0 Å². The van der Waals surface area contributed by atoms with E-state index >= 15 is 0 Å². The third-order valence-electron chi connectivity index (χ3n) is 14.4. The van der Waals surface area contributed by atoms with Gasteiger partial charge in [0.25, 0.3) is 0 Å². The molecule has 0 aliphatic carbocycles. The number of methoxy groups -OCH3 is 3. The summed E-state index contributed by atoms with van der Waals surface area (Å²) in [6, 6.07) is 12.7. The molecular weight excluding hydrogens is 831 g/mol. The van der Waals surface area contributed by atoms with Crippen molar-refractivity contribution in [1.82, 2.24) is 30.4 Å². The molecule has 0 spiro atoms. The Morgan fingerprint density at radius 2 is 1.65 bits per heavy atom. The summed E-state index contributed by atoms with van der Waals surface area (Å²) < 4.78 is 27.4. The summed E-state index contributed by atoms with van der Waals surface area (Å²) >= 11 is 0. The molecule has 1 aromatic heterocycles. The number of carbonyl (C=O) groups is 4. The topological polar surface area (TPSA) is 186 Å². The molecule has 3 N–H and O–H groups in total. The third-order valence-corrected chi connectivity index (χ3v) is 14.4. The van der Waals surface area contributed by atoms with Crippen LogP contribution in [0.4, 0.5) is 15.3 Å². The van der Waals surface area contributed by atoms with E-state index in [0.717, 1.165) is 99.4 Å². The van der Waals surface area contributed by atoms with Gasteiger partial charge in [-0.05, 0) is 122 Å². The smallest absolute Gasteiger partial charge is 0.407 e. The molecule has 0 unspecified atom stereocenters. The number of aromatic nitrogens is 2. The Balaban J connectivity index is 0.937. The van der Waals surface area contributed by atoms with E-state index in [-0.39, 0.29) is 41.9 Å². The van der Waals surface area contributed by atoms with E-state index < -0.39 is 30.4 Å². The van der Waals surface area contributed by atoms with E-state index in [1.165, 1.54) is 21.3 Å². The predicted molar refractivity (Wildman–Crippen MR) is 243 cm³/mol. The molecule has 3 aromatic carbocycles. The standard InChI is InChI=1S/C49H59N7O9/c1-7-32-11-15-41(56(32)47(58)44(54-49(60)63-6)28-16-18-64-19-17-28)45-50-24-39(52-45)30-9-12-33-31(20-30)25-65-42-23-34-29(21-36(33)42)10-13-37-35(34)22-38(51-37)40-14-8-26(2)55(40)46(57)43(27(3)61-4)53-48(59)62-5/h9-10,12-13,20-21,23-24,26-28,32,40-41,43-44H,7-8,11,14-19,22,25H2,1-6H3,(H,50,52)(H,53,59)(H,54,60)/t26-,27+,32-,40-,41-,43-,44-/m0/s1. The van der Waals surface area contributed by atoms with Gasteiger partial charge in [-0.25, -0.2) is 14.6 Å². The molecule has 0 saturated carbocycles. The van der Waals surface area contributed by atoms with Crippen LogP contribution < -0.4 is 15.4 Å². The molecule has 0 bridgehead atoms. The van der Waals surface area contributed by atoms with Crippen LogP contribution in [0.15, 0.2) is 53.7 Å². The number of benzene rings is 3. The van der Waals surface area contributed by atoms with Crippen LogP contribution in [0, 0.1) is 5.92 Å². The van der Waals surface area contributed by atoms with Crippen LogP contribution in [0.2, 0.25) is 0 Å². The van der Waals surface area contributed by atoms with E-state index in [1.54, 1.807) is 6.92 Å². The van der Waals surface area contributed by atoms with Crippen LogP contribution in [-0.2, 0) is 41.6 Å². The molecule has 5 aliphatic heterocycles. The second kappa shape index (κ2) is 18.5. The highest BCUT2D eigenvalue weighted by atomic mass is 16.5. The zero-order valence-electron chi connectivity index (χ0n) is 38.0. The minimum Gasteiger partial charge on any atom is -0.488 e. The van der Waals surface area contributed by atoms with E-state index in [0.29, 0.717) is 39.1 Å². The van der Waals surface area contributed by atoms with E-state index in [2.05, 4.69) is 65.0 Å². The molecule has 0 radical (unpaired) electrons. The van der Waals surface area contributed by atoms with Gasteiger partial charge < -0.3 is 49.1 Å². The molecule has 16 nitrogen and oxygen atoms in total. The number of aromatic amines is 1. The quantitative estimate of drug-likeness (QED) is 0.140. The van der Waals surface area contributed by atoms with E-state index in [1.807, 2.05) is 22.9 Å². The van der Waals surface area contributed by atoms with Crippen molar-refractivity contribution in [2.75, 3.05) is 34.5 Å². The van der Waals surface area contributed by atoms with Gasteiger partial charge in [-0.15, -0.1) is 0 Å². The Bertz CT molecular complexity index is 2520. The summed E-state index contributed by atoms with van der Waals surface area (Å²) in [4.78, 5) is 70.6. The van der Waals surface area contributed by atoms with E-state index in [9.17, 15) is 19.2 Å². The zero-order chi connectivity index (χ0) is 45.5. The molecular formula is C49H59N7O9. The molecule has 9 rings (SSSR count). The number of nitrogens with one attached hydrogen (secondary N) is 3. The number of hydrogen-bond donors (Lipinski definition) is 3. The number of ether oxygens (including phenoxy) is 5. The Kier molecular flexibility index (Phi) is 12.6. The first kappa shape index (κ1) is 44.2. The summed E-state index contributed by atoms with van der Waals surface area (Å²) in [5, 5.41) is 7.69. The Morgan fingerprint density at radius 1 is 0.877 bits per heavy atom. The van der Waals surface area contributed by atoms with Crippen molar-refractivity contribution in [3.8, 4) is 28.1 Å². The van der Waals surface area contributed by atoms with Gasteiger partial charge in [0.05, 0.1) is 50.0 Å². The van der Waals surface area contributed by atoms with Crippen molar-refractivity contribution in [3.63, 3.8) is 0 Å². The lowest BCUT2D eigenvalue weighted by Crippen LogP contribution is -2.57. The Labute approximate surface area is 378 Å². The lowest BCUT2D eigenvalue weighted by Gasteiger charge is -2.36. The van der Waals surface area contributed by atoms with Crippen molar-refractivity contribution < 1.29 is 42.9 Å². The molecule has 3 saturated heterocycles. The number of amides is 4. The lowest BCUT2D eigenvalue weighted by atomic mass is 9.90. The number of alkyl carbamates (subject to hydrolysis) is 2. The van der Waals surface area contributed by atoms with Gasteiger partial charge >= 0.3 is 12.2 Å². The van der Waals surface area contributed by atoms with Crippen LogP contribution >= 0.6 is 0 Å². The maximum Gasteiger partial charge on any atom is 0.407 e. The van der Waals surface area contributed by atoms with Crippen molar-refractivity contribution in [3.05, 3.63) is 65.6 Å². The summed E-state index contributed by atoms with van der Waals surface area (Å²) in [5.41, 5.74) is 7.90. The van der Waals surface area contributed by atoms with Crippen LogP contribution in [0.3, 0.4) is 0 Å². The molecule has 3 fully saturated rings. The number of aliphatic imine (C=N–C) groups is 1. The largest absolute Gasteiger partial charge is 0.488 e. The van der Waals surface area contributed by atoms with Gasteiger partial charge in [-0.1, -0.05) is 25.1 Å². The number of carbonyl (C=O) groups excluding carboxylic acids is 4. The Hall–Kier alpha value is -6.00. The minimum atomic E-state index is -0.909. The molecule has 16 heteroatoms. The van der Waals surface area contributed by atoms with Gasteiger partial charge in [0.2, 0.25) is 11.8 Å². The van der Waals surface area contributed by atoms with Gasteiger partial charge in [0, 0.05) is 50.1 Å². The van der Waals surface area contributed by atoms with Gasteiger partial charge in [0.1, 0.15) is 30.3 Å². The van der Waals surface area contributed by atoms with Crippen LogP contribution in [0.5, 0.6) is 5.75 Å². The summed E-state index contributed by atoms with van der Waals surface area (Å²) in [7, 11) is 4.11. The van der Waals surface area contributed by atoms with Gasteiger partial charge in [-0.2, -0.15) is 0 Å². The SMILES string of the molecule is CC[C@H]1CC[C@@H](c2ncc(-c3ccc4c(c3)COc3cc5c6c(ccc5cc3-4)N=C([C@@H]3CC[C@H](C)N3C(=O)[C@@H](NC(=O)OC)[C@@H](C)OC)C6)[nH]2)N1C(=O)[C@@H](NC(=O)OC)C1CCOCC1. The fraction of sp³-hybridized carbons (Fsp3) is 0.510.